The van der Waals surface area contributed by atoms with Crippen LogP contribution in [-0.4, -0.2) is 7.11 Å². The first-order valence-electron chi connectivity index (χ1n) is 8.87. The van der Waals surface area contributed by atoms with Crippen LogP contribution < -0.4 is 10.1 Å². The third-order valence-electron chi connectivity index (χ3n) is 5.19. The van der Waals surface area contributed by atoms with E-state index in [2.05, 4.69) is 72.0 Å². The maximum Gasteiger partial charge on any atom is 0.119 e. The van der Waals surface area contributed by atoms with Crippen LogP contribution in [0.3, 0.4) is 0 Å². The molecule has 0 heterocycles. The highest BCUT2D eigenvalue weighted by atomic mass is 16.5. The molecule has 0 fully saturated rings. The van der Waals surface area contributed by atoms with Gasteiger partial charge in [-0.05, 0) is 62.1 Å². The van der Waals surface area contributed by atoms with Gasteiger partial charge in [-0.2, -0.15) is 0 Å². The van der Waals surface area contributed by atoms with E-state index in [1.807, 2.05) is 12.1 Å². The van der Waals surface area contributed by atoms with Crippen molar-refractivity contribution in [2.75, 3.05) is 12.4 Å². The molecule has 1 N–H and O–H groups in total. The van der Waals surface area contributed by atoms with E-state index in [1.165, 1.54) is 37.9 Å². The molecule has 0 atom stereocenters. The highest BCUT2D eigenvalue weighted by molar-refractivity contribution is 6.23. The Labute approximate surface area is 152 Å². The van der Waals surface area contributed by atoms with E-state index in [0.717, 1.165) is 18.0 Å². The van der Waals surface area contributed by atoms with Crippen LogP contribution in [0, 0.1) is 0 Å². The quantitative estimate of drug-likeness (QED) is 0.394. The molecule has 0 saturated carbocycles. The number of methoxy groups -OCH3 is 1. The number of rotatable bonds is 4. The molecule has 0 spiro atoms. The Kier molecular flexibility index (Phi) is 3.42. The minimum absolute atomic E-state index is 0.792. The molecule has 0 aromatic heterocycles. The predicted octanol–water partition coefficient (Wildman–Crippen LogP) is 6.20. The fraction of sp³-hybridized carbons (Fsp3) is 0.0833. The SMILES string of the molecule is COc1ccc(NCc2ccc3ccc4cccc5ccc2c3c45)cc1. The molecule has 126 valence electrons. The first-order valence-corrected chi connectivity index (χ1v) is 8.87. The summed E-state index contributed by atoms with van der Waals surface area (Å²) in [5, 5.41) is 11.5. The number of benzene rings is 5. The molecule has 0 amide bonds. The van der Waals surface area contributed by atoms with Crippen molar-refractivity contribution in [3.63, 3.8) is 0 Å². The minimum Gasteiger partial charge on any atom is -0.497 e. The minimum atomic E-state index is 0.792. The van der Waals surface area contributed by atoms with Gasteiger partial charge in [0.05, 0.1) is 7.11 Å². The highest BCUT2D eigenvalue weighted by Gasteiger charge is 2.10. The average Bonchev–Trinajstić information content (AvgIpc) is 2.71. The Morgan fingerprint density at radius 3 is 2.08 bits per heavy atom. The van der Waals surface area contributed by atoms with Crippen molar-refractivity contribution in [2.45, 2.75) is 6.54 Å². The van der Waals surface area contributed by atoms with E-state index < -0.39 is 0 Å². The van der Waals surface area contributed by atoms with Gasteiger partial charge < -0.3 is 10.1 Å². The van der Waals surface area contributed by atoms with Gasteiger partial charge in [-0.25, -0.2) is 0 Å². The van der Waals surface area contributed by atoms with Crippen molar-refractivity contribution < 1.29 is 4.74 Å². The molecular weight excluding hydrogens is 318 g/mol. The van der Waals surface area contributed by atoms with Gasteiger partial charge in [-0.3, -0.25) is 0 Å². The predicted molar refractivity (Wildman–Crippen MR) is 110 cm³/mol. The Morgan fingerprint density at radius 2 is 1.35 bits per heavy atom. The van der Waals surface area contributed by atoms with E-state index >= 15 is 0 Å². The zero-order chi connectivity index (χ0) is 17.5. The number of anilines is 1. The summed E-state index contributed by atoms with van der Waals surface area (Å²) in [4.78, 5) is 0. The maximum absolute atomic E-state index is 5.23. The van der Waals surface area contributed by atoms with E-state index in [0.29, 0.717) is 0 Å². The molecule has 0 aliphatic rings. The first-order chi connectivity index (χ1) is 12.8. The average molecular weight is 337 g/mol. The van der Waals surface area contributed by atoms with Crippen LogP contribution in [0.2, 0.25) is 0 Å². The monoisotopic (exact) mass is 337 g/mol. The Morgan fingerprint density at radius 1 is 0.692 bits per heavy atom. The van der Waals surface area contributed by atoms with Crippen LogP contribution in [0.1, 0.15) is 5.56 Å². The number of ether oxygens (including phenoxy) is 1. The highest BCUT2D eigenvalue weighted by Crippen LogP contribution is 2.36. The molecule has 2 nitrogen and oxygen atoms in total. The van der Waals surface area contributed by atoms with Crippen molar-refractivity contribution in [2.24, 2.45) is 0 Å². The van der Waals surface area contributed by atoms with E-state index in [4.69, 9.17) is 4.74 Å². The second-order valence-corrected chi connectivity index (χ2v) is 6.66. The molecular formula is C24H19NO. The van der Waals surface area contributed by atoms with Crippen molar-refractivity contribution in [3.05, 3.63) is 84.4 Å². The molecule has 0 aliphatic carbocycles. The van der Waals surface area contributed by atoms with Gasteiger partial charge in [0.2, 0.25) is 0 Å². The second-order valence-electron chi connectivity index (χ2n) is 6.66. The lowest BCUT2D eigenvalue weighted by atomic mass is 9.92. The summed E-state index contributed by atoms with van der Waals surface area (Å²) in [6, 6.07) is 28.0. The number of nitrogens with one attached hydrogen (secondary N) is 1. The van der Waals surface area contributed by atoms with Crippen LogP contribution in [0.25, 0.3) is 32.3 Å². The van der Waals surface area contributed by atoms with Crippen LogP contribution in [0.4, 0.5) is 5.69 Å². The van der Waals surface area contributed by atoms with Gasteiger partial charge in [0.1, 0.15) is 5.75 Å². The van der Waals surface area contributed by atoms with Gasteiger partial charge >= 0.3 is 0 Å². The summed E-state index contributed by atoms with van der Waals surface area (Å²) in [5.74, 6) is 0.873. The zero-order valence-electron chi connectivity index (χ0n) is 14.6. The maximum atomic E-state index is 5.23. The summed E-state index contributed by atoms with van der Waals surface area (Å²) in [5.41, 5.74) is 2.41. The summed E-state index contributed by atoms with van der Waals surface area (Å²) >= 11 is 0. The van der Waals surface area contributed by atoms with Gasteiger partial charge in [-0.1, -0.05) is 54.6 Å². The van der Waals surface area contributed by atoms with Crippen molar-refractivity contribution >= 4 is 38.0 Å². The standard InChI is InChI=1S/C24H19NO/c1-26-21-12-10-20(11-13-21)25-15-19-8-7-18-6-5-16-3-2-4-17-9-14-22(19)24(18)23(16)17/h2-14,25H,15H2,1H3. The normalized spacial score (nSPS) is 11.4. The van der Waals surface area contributed by atoms with Crippen LogP contribution in [0.15, 0.2) is 78.9 Å². The molecule has 5 aromatic carbocycles. The summed E-state index contributed by atoms with van der Waals surface area (Å²) in [6.07, 6.45) is 0. The second kappa shape index (κ2) is 5.92. The summed E-state index contributed by atoms with van der Waals surface area (Å²) in [6.45, 7) is 0.792. The Hall–Kier alpha value is -3.26. The summed E-state index contributed by atoms with van der Waals surface area (Å²) in [7, 11) is 1.69. The molecule has 5 aromatic rings. The third-order valence-corrected chi connectivity index (χ3v) is 5.19. The van der Waals surface area contributed by atoms with Gasteiger partial charge in [0.15, 0.2) is 0 Å². The fourth-order valence-electron chi connectivity index (χ4n) is 3.86. The number of hydrogen-bond acceptors (Lipinski definition) is 2. The van der Waals surface area contributed by atoms with Gasteiger partial charge in [-0.15, -0.1) is 0 Å². The van der Waals surface area contributed by atoms with Gasteiger partial charge in [0, 0.05) is 12.2 Å². The first kappa shape index (κ1) is 15.0. The van der Waals surface area contributed by atoms with Gasteiger partial charge in [0.25, 0.3) is 0 Å². The number of hydrogen-bond donors (Lipinski definition) is 1. The Bertz CT molecular complexity index is 1190. The Balaban J connectivity index is 1.59. The molecule has 0 saturated heterocycles. The lowest BCUT2D eigenvalue weighted by Crippen LogP contribution is -2.00. The summed E-state index contributed by atoms with van der Waals surface area (Å²) < 4.78 is 5.23. The van der Waals surface area contributed by atoms with Crippen LogP contribution >= 0.6 is 0 Å². The van der Waals surface area contributed by atoms with Crippen molar-refractivity contribution in [1.29, 1.82) is 0 Å². The third kappa shape index (κ3) is 2.34. The lowest BCUT2D eigenvalue weighted by Gasteiger charge is -2.15. The van der Waals surface area contributed by atoms with E-state index in [1.54, 1.807) is 7.11 Å². The van der Waals surface area contributed by atoms with E-state index in [-0.39, 0.29) is 0 Å². The largest absolute Gasteiger partial charge is 0.497 e. The van der Waals surface area contributed by atoms with Crippen molar-refractivity contribution in [1.82, 2.24) is 0 Å². The molecule has 26 heavy (non-hydrogen) atoms. The molecule has 0 aliphatic heterocycles. The fourth-order valence-corrected chi connectivity index (χ4v) is 3.86. The topological polar surface area (TPSA) is 21.3 Å². The van der Waals surface area contributed by atoms with Crippen molar-refractivity contribution in [3.8, 4) is 5.75 Å². The van der Waals surface area contributed by atoms with Crippen LogP contribution in [-0.2, 0) is 6.54 Å². The molecule has 0 radical (unpaired) electrons. The lowest BCUT2D eigenvalue weighted by molar-refractivity contribution is 0.415. The van der Waals surface area contributed by atoms with Crippen LogP contribution in [0.5, 0.6) is 5.75 Å². The van der Waals surface area contributed by atoms with E-state index in [9.17, 15) is 0 Å². The molecule has 5 rings (SSSR count). The molecule has 2 heteroatoms. The molecule has 0 unspecified atom stereocenters. The smallest absolute Gasteiger partial charge is 0.119 e. The zero-order valence-corrected chi connectivity index (χ0v) is 14.6. The molecule has 0 bridgehead atoms.